The molecule has 2 atom stereocenters. The van der Waals surface area contributed by atoms with Crippen molar-refractivity contribution in [2.24, 2.45) is 11.3 Å². The molecule has 0 saturated heterocycles. The van der Waals surface area contributed by atoms with Crippen LogP contribution in [-0.4, -0.2) is 31.6 Å². The Bertz CT molecular complexity index is 416. The van der Waals surface area contributed by atoms with Crippen LogP contribution in [0.25, 0.3) is 0 Å². The normalized spacial score (nSPS) is 26.2. The van der Waals surface area contributed by atoms with Crippen LogP contribution in [0.2, 0.25) is 0 Å². The standard InChI is InChI=1S/C15H25BrN2S/c1-15(2)6-5-12(14(15)17-3)9-18(4)8-11-7-13(16)19-10-11/h7,10,12,14,17H,5-6,8-9H2,1-4H3. The van der Waals surface area contributed by atoms with Gasteiger partial charge >= 0.3 is 0 Å². The zero-order valence-corrected chi connectivity index (χ0v) is 14.8. The van der Waals surface area contributed by atoms with Gasteiger partial charge in [0, 0.05) is 19.1 Å². The maximum atomic E-state index is 3.55. The van der Waals surface area contributed by atoms with Gasteiger partial charge in [0.2, 0.25) is 0 Å². The first-order valence-electron chi connectivity index (χ1n) is 7.01. The Morgan fingerprint density at radius 2 is 2.26 bits per heavy atom. The predicted octanol–water partition coefficient (Wildman–Crippen LogP) is 3.97. The van der Waals surface area contributed by atoms with Crippen molar-refractivity contribution in [2.45, 2.75) is 39.3 Å². The smallest absolute Gasteiger partial charge is 0.0701 e. The minimum atomic E-state index is 0.436. The van der Waals surface area contributed by atoms with E-state index < -0.39 is 0 Å². The second-order valence-electron chi connectivity index (χ2n) is 6.51. The molecule has 19 heavy (non-hydrogen) atoms. The molecule has 1 heterocycles. The molecule has 0 aliphatic heterocycles. The van der Waals surface area contributed by atoms with Crippen LogP contribution in [0.3, 0.4) is 0 Å². The van der Waals surface area contributed by atoms with Gasteiger partial charge in [0.15, 0.2) is 0 Å². The molecule has 1 aliphatic carbocycles. The van der Waals surface area contributed by atoms with E-state index >= 15 is 0 Å². The van der Waals surface area contributed by atoms with Gasteiger partial charge in [-0.1, -0.05) is 13.8 Å². The first kappa shape index (κ1) is 15.5. The number of hydrogen-bond donors (Lipinski definition) is 1. The van der Waals surface area contributed by atoms with Gasteiger partial charge < -0.3 is 10.2 Å². The van der Waals surface area contributed by atoms with Crippen molar-refractivity contribution < 1.29 is 0 Å². The van der Waals surface area contributed by atoms with Gasteiger partial charge in [0.25, 0.3) is 0 Å². The minimum Gasteiger partial charge on any atom is -0.316 e. The summed E-state index contributed by atoms with van der Waals surface area (Å²) in [7, 11) is 4.35. The van der Waals surface area contributed by atoms with E-state index in [-0.39, 0.29) is 0 Å². The quantitative estimate of drug-likeness (QED) is 0.869. The topological polar surface area (TPSA) is 15.3 Å². The zero-order valence-electron chi connectivity index (χ0n) is 12.4. The molecule has 2 unspecified atom stereocenters. The molecule has 0 spiro atoms. The van der Waals surface area contributed by atoms with Crippen LogP contribution >= 0.6 is 27.3 Å². The van der Waals surface area contributed by atoms with Crippen molar-refractivity contribution in [3.8, 4) is 0 Å². The molecule has 1 fully saturated rings. The Balaban J connectivity index is 1.90. The molecule has 0 bridgehead atoms. The third kappa shape index (κ3) is 3.81. The highest BCUT2D eigenvalue weighted by Crippen LogP contribution is 2.41. The van der Waals surface area contributed by atoms with Gasteiger partial charge in [-0.25, -0.2) is 0 Å². The second kappa shape index (κ2) is 6.25. The Kier molecular flexibility index (Phi) is 5.09. The van der Waals surface area contributed by atoms with Crippen LogP contribution in [0.4, 0.5) is 0 Å². The fourth-order valence-electron chi connectivity index (χ4n) is 3.55. The average molecular weight is 345 g/mol. The van der Waals surface area contributed by atoms with Crippen molar-refractivity contribution in [3.05, 3.63) is 20.8 Å². The van der Waals surface area contributed by atoms with E-state index in [1.807, 2.05) is 0 Å². The summed E-state index contributed by atoms with van der Waals surface area (Å²) in [6.45, 7) is 7.02. The lowest BCUT2D eigenvalue weighted by Gasteiger charge is -2.32. The van der Waals surface area contributed by atoms with Crippen LogP contribution < -0.4 is 5.32 Å². The number of thiophene rings is 1. The minimum absolute atomic E-state index is 0.436. The van der Waals surface area contributed by atoms with Gasteiger partial charge in [-0.3, -0.25) is 0 Å². The van der Waals surface area contributed by atoms with Crippen molar-refractivity contribution >= 4 is 27.3 Å². The number of halogens is 1. The number of nitrogens with zero attached hydrogens (tertiary/aromatic N) is 1. The zero-order chi connectivity index (χ0) is 14.0. The Labute approximate surface area is 129 Å². The van der Waals surface area contributed by atoms with Crippen LogP contribution in [0, 0.1) is 11.3 Å². The molecule has 0 radical (unpaired) electrons. The van der Waals surface area contributed by atoms with Gasteiger partial charge in [-0.05, 0) is 71.2 Å². The van der Waals surface area contributed by atoms with Crippen molar-refractivity contribution in [1.29, 1.82) is 0 Å². The summed E-state index contributed by atoms with van der Waals surface area (Å²) in [5, 5.41) is 5.79. The highest BCUT2D eigenvalue weighted by molar-refractivity contribution is 9.11. The molecule has 1 N–H and O–H groups in total. The molecule has 4 heteroatoms. The monoisotopic (exact) mass is 344 g/mol. The maximum Gasteiger partial charge on any atom is 0.0701 e. The Morgan fingerprint density at radius 3 is 2.84 bits per heavy atom. The third-order valence-corrected chi connectivity index (χ3v) is 5.96. The largest absolute Gasteiger partial charge is 0.316 e. The molecule has 2 rings (SSSR count). The van der Waals surface area contributed by atoms with Crippen LogP contribution in [0.15, 0.2) is 15.2 Å². The van der Waals surface area contributed by atoms with Crippen LogP contribution in [0.5, 0.6) is 0 Å². The van der Waals surface area contributed by atoms with Crippen molar-refractivity contribution in [2.75, 3.05) is 20.6 Å². The van der Waals surface area contributed by atoms with Gasteiger partial charge in [-0.15, -0.1) is 11.3 Å². The van der Waals surface area contributed by atoms with Gasteiger partial charge in [0.1, 0.15) is 0 Å². The average Bonchev–Trinajstić information content (AvgIpc) is 2.83. The summed E-state index contributed by atoms with van der Waals surface area (Å²) in [6, 6.07) is 2.87. The second-order valence-corrected chi connectivity index (χ2v) is 8.80. The summed E-state index contributed by atoms with van der Waals surface area (Å²) in [5.74, 6) is 0.770. The lowest BCUT2D eigenvalue weighted by molar-refractivity contribution is 0.207. The Hall–Kier alpha value is 0.100. The SMILES string of the molecule is CNC1C(CN(C)Cc2csc(Br)c2)CCC1(C)C. The number of hydrogen-bond acceptors (Lipinski definition) is 3. The molecule has 0 aromatic carbocycles. The van der Waals surface area contributed by atoms with E-state index in [4.69, 9.17) is 0 Å². The summed E-state index contributed by atoms with van der Waals surface area (Å²) >= 11 is 5.31. The molecule has 1 aromatic heterocycles. The third-order valence-electron chi connectivity index (χ3n) is 4.40. The fourth-order valence-corrected chi connectivity index (χ4v) is 4.75. The first-order valence-corrected chi connectivity index (χ1v) is 8.68. The van der Waals surface area contributed by atoms with Crippen molar-refractivity contribution in [3.63, 3.8) is 0 Å². The summed E-state index contributed by atoms with van der Waals surface area (Å²) in [4.78, 5) is 2.46. The molecular formula is C15H25BrN2S. The van der Waals surface area contributed by atoms with Gasteiger partial charge in [0.05, 0.1) is 3.79 Å². The molecule has 0 amide bonds. The van der Waals surface area contributed by atoms with Crippen LogP contribution in [0.1, 0.15) is 32.3 Å². The Morgan fingerprint density at radius 1 is 1.53 bits per heavy atom. The highest BCUT2D eigenvalue weighted by atomic mass is 79.9. The lowest BCUT2D eigenvalue weighted by Crippen LogP contribution is -2.43. The molecule has 108 valence electrons. The van der Waals surface area contributed by atoms with E-state index in [1.165, 1.54) is 28.7 Å². The van der Waals surface area contributed by atoms with E-state index in [9.17, 15) is 0 Å². The molecule has 2 nitrogen and oxygen atoms in total. The molecule has 1 aliphatic rings. The predicted molar refractivity (Wildman–Crippen MR) is 87.7 cm³/mol. The van der Waals surface area contributed by atoms with E-state index in [1.54, 1.807) is 11.3 Å². The van der Waals surface area contributed by atoms with Gasteiger partial charge in [-0.2, -0.15) is 0 Å². The van der Waals surface area contributed by atoms with E-state index in [0.717, 1.165) is 12.5 Å². The fraction of sp³-hybridized carbons (Fsp3) is 0.733. The summed E-state index contributed by atoms with van der Waals surface area (Å²) in [6.07, 6.45) is 2.68. The molecule has 1 saturated carbocycles. The lowest BCUT2D eigenvalue weighted by atomic mass is 9.85. The first-order chi connectivity index (χ1) is 8.92. The highest BCUT2D eigenvalue weighted by Gasteiger charge is 2.40. The number of rotatable bonds is 5. The van der Waals surface area contributed by atoms with E-state index in [2.05, 4.69) is 65.5 Å². The molecule has 1 aromatic rings. The molecular weight excluding hydrogens is 320 g/mol. The maximum absolute atomic E-state index is 3.55. The van der Waals surface area contributed by atoms with E-state index in [0.29, 0.717) is 11.5 Å². The van der Waals surface area contributed by atoms with Crippen molar-refractivity contribution in [1.82, 2.24) is 10.2 Å². The number of nitrogens with one attached hydrogen (secondary N) is 1. The summed E-state index contributed by atoms with van der Waals surface area (Å²) < 4.78 is 1.23. The summed E-state index contributed by atoms with van der Waals surface area (Å²) in [5.41, 5.74) is 1.85. The van der Waals surface area contributed by atoms with Crippen LogP contribution in [-0.2, 0) is 6.54 Å².